The second-order valence-corrected chi connectivity index (χ2v) is 5.93. The number of pyridine rings is 1. The van der Waals surface area contributed by atoms with E-state index in [1.54, 1.807) is 6.33 Å². The van der Waals surface area contributed by atoms with E-state index in [-0.39, 0.29) is 0 Å². The van der Waals surface area contributed by atoms with E-state index in [1.165, 1.54) is 12.0 Å². The largest absolute Gasteiger partial charge is 0.356 e. The summed E-state index contributed by atoms with van der Waals surface area (Å²) in [5.74, 6) is 1.16. The maximum absolute atomic E-state index is 4.35. The Labute approximate surface area is 113 Å². The van der Waals surface area contributed by atoms with Gasteiger partial charge in [0.25, 0.3) is 0 Å². The zero-order valence-electron chi connectivity index (χ0n) is 11.8. The van der Waals surface area contributed by atoms with Crippen LogP contribution in [0.25, 0.3) is 5.65 Å². The summed E-state index contributed by atoms with van der Waals surface area (Å²) >= 11 is 0. The molecule has 1 aliphatic rings. The van der Waals surface area contributed by atoms with Gasteiger partial charge in [-0.05, 0) is 43.5 Å². The molecule has 1 fully saturated rings. The number of nitrogens with one attached hydrogen (secondary N) is 1. The van der Waals surface area contributed by atoms with Crippen LogP contribution >= 0.6 is 0 Å². The van der Waals surface area contributed by atoms with Gasteiger partial charge in [-0.25, -0.2) is 4.98 Å². The first-order valence-corrected chi connectivity index (χ1v) is 6.81. The standard InChI is InChI=1S/C14H21N5/c1-11-6-12-16-10-17-19(12)13(7-11)18-5-4-14(2,9-18)8-15-3/h6-7,10,15H,4-5,8-9H2,1-3H3. The molecular formula is C14H21N5. The van der Waals surface area contributed by atoms with Gasteiger partial charge in [0.1, 0.15) is 12.1 Å². The summed E-state index contributed by atoms with van der Waals surface area (Å²) in [5.41, 5.74) is 2.50. The lowest BCUT2D eigenvalue weighted by atomic mass is 9.90. The van der Waals surface area contributed by atoms with Gasteiger partial charge < -0.3 is 10.2 Å². The zero-order chi connectivity index (χ0) is 13.5. The van der Waals surface area contributed by atoms with Gasteiger partial charge in [-0.2, -0.15) is 9.61 Å². The molecule has 0 radical (unpaired) electrons. The fourth-order valence-corrected chi connectivity index (χ4v) is 3.05. The third-order valence-electron chi connectivity index (χ3n) is 3.99. The number of nitrogens with zero attached hydrogens (tertiary/aromatic N) is 4. The van der Waals surface area contributed by atoms with E-state index in [0.717, 1.165) is 31.1 Å². The molecule has 0 saturated carbocycles. The molecule has 3 heterocycles. The van der Waals surface area contributed by atoms with Crippen molar-refractivity contribution in [3.63, 3.8) is 0 Å². The van der Waals surface area contributed by atoms with Crippen LogP contribution in [0.2, 0.25) is 0 Å². The minimum absolute atomic E-state index is 0.339. The van der Waals surface area contributed by atoms with Crippen LogP contribution in [0.15, 0.2) is 18.5 Å². The zero-order valence-corrected chi connectivity index (χ0v) is 11.8. The summed E-state index contributed by atoms with van der Waals surface area (Å²) in [7, 11) is 2.02. The molecule has 3 rings (SSSR count). The van der Waals surface area contributed by atoms with Gasteiger partial charge in [0.15, 0.2) is 5.65 Å². The average molecular weight is 259 g/mol. The highest BCUT2D eigenvalue weighted by atomic mass is 15.4. The number of hydrogen-bond donors (Lipinski definition) is 1. The Hall–Kier alpha value is -1.62. The summed E-state index contributed by atoms with van der Waals surface area (Å²) in [4.78, 5) is 6.72. The topological polar surface area (TPSA) is 45.5 Å². The predicted molar refractivity (Wildman–Crippen MR) is 76.6 cm³/mol. The van der Waals surface area contributed by atoms with E-state index >= 15 is 0 Å². The second-order valence-electron chi connectivity index (χ2n) is 5.93. The molecule has 0 aromatic carbocycles. The Balaban J connectivity index is 1.95. The van der Waals surface area contributed by atoms with Crippen molar-refractivity contribution in [2.24, 2.45) is 5.41 Å². The monoisotopic (exact) mass is 259 g/mol. The Morgan fingerprint density at radius 3 is 3.05 bits per heavy atom. The third-order valence-corrected chi connectivity index (χ3v) is 3.99. The Morgan fingerprint density at radius 1 is 1.42 bits per heavy atom. The molecule has 1 saturated heterocycles. The van der Waals surface area contributed by atoms with Gasteiger partial charge in [0, 0.05) is 19.6 Å². The van der Waals surface area contributed by atoms with Crippen molar-refractivity contribution in [1.29, 1.82) is 0 Å². The molecule has 2 aromatic heterocycles. The van der Waals surface area contributed by atoms with Crippen LogP contribution in [-0.2, 0) is 0 Å². The number of fused-ring (bicyclic) bond motifs is 1. The Kier molecular flexibility index (Phi) is 2.93. The van der Waals surface area contributed by atoms with Gasteiger partial charge >= 0.3 is 0 Å². The van der Waals surface area contributed by atoms with E-state index < -0.39 is 0 Å². The van der Waals surface area contributed by atoms with E-state index in [4.69, 9.17) is 0 Å². The summed E-state index contributed by atoms with van der Waals surface area (Å²) in [6, 6.07) is 4.27. The molecule has 0 amide bonds. The first kappa shape index (κ1) is 12.4. The molecule has 0 bridgehead atoms. The van der Waals surface area contributed by atoms with E-state index in [1.807, 2.05) is 11.6 Å². The summed E-state index contributed by atoms with van der Waals surface area (Å²) in [6.45, 7) is 7.65. The molecule has 2 aromatic rings. The van der Waals surface area contributed by atoms with Gasteiger partial charge in [-0.3, -0.25) is 0 Å². The maximum atomic E-state index is 4.35. The fraction of sp³-hybridized carbons (Fsp3) is 0.571. The van der Waals surface area contributed by atoms with Crippen LogP contribution in [0.4, 0.5) is 5.82 Å². The van der Waals surface area contributed by atoms with Crippen molar-refractivity contribution in [2.75, 3.05) is 31.6 Å². The van der Waals surface area contributed by atoms with Crippen molar-refractivity contribution >= 4 is 11.5 Å². The lowest BCUT2D eigenvalue weighted by molar-refractivity contribution is 0.355. The molecule has 5 nitrogen and oxygen atoms in total. The van der Waals surface area contributed by atoms with Crippen molar-refractivity contribution in [3.05, 3.63) is 24.0 Å². The van der Waals surface area contributed by atoms with Gasteiger partial charge in [-0.15, -0.1) is 0 Å². The van der Waals surface area contributed by atoms with Gasteiger partial charge in [0.05, 0.1) is 0 Å². The minimum Gasteiger partial charge on any atom is -0.356 e. The fourth-order valence-electron chi connectivity index (χ4n) is 3.05. The highest BCUT2D eigenvalue weighted by Gasteiger charge is 2.34. The average Bonchev–Trinajstić information content (AvgIpc) is 2.95. The lowest BCUT2D eigenvalue weighted by Gasteiger charge is -2.25. The molecule has 19 heavy (non-hydrogen) atoms. The van der Waals surface area contributed by atoms with Crippen LogP contribution in [0, 0.1) is 12.3 Å². The lowest BCUT2D eigenvalue weighted by Crippen LogP contribution is -2.33. The highest BCUT2D eigenvalue weighted by molar-refractivity contribution is 5.53. The van der Waals surface area contributed by atoms with Crippen LogP contribution < -0.4 is 10.2 Å². The Bertz CT molecular complexity index is 591. The maximum Gasteiger partial charge on any atom is 0.157 e. The molecule has 1 aliphatic heterocycles. The summed E-state index contributed by atoms with van der Waals surface area (Å²) in [6.07, 6.45) is 2.83. The quantitative estimate of drug-likeness (QED) is 0.907. The summed E-state index contributed by atoms with van der Waals surface area (Å²) in [5, 5.41) is 7.65. The second kappa shape index (κ2) is 4.49. The van der Waals surface area contributed by atoms with Crippen molar-refractivity contribution < 1.29 is 0 Å². The van der Waals surface area contributed by atoms with E-state index in [0.29, 0.717) is 5.41 Å². The Morgan fingerprint density at radius 2 is 2.26 bits per heavy atom. The highest BCUT2D eigenvalue weighted by Crippen LogP contribution is 2.32. The van der Waals surface area contributed by atoms with Crippen molar-refractivity contribution in [3.8, 4) is 0 Å². The molecule has 102 valence electrons. The number of aryl methyl sites for hydroxylation is 1. The minimum atomic E-state index is 0.339. The number of aromatic nitrogens is 3. The first-order valence-electron chi connectivity index (χ1n) is 6.81. The normalized spacial score (nSPS) is 23.4. The van der Waals surface area contributed by atoms with Crippen molar-refractivity contribution in [1.82, 2.24) is 19.9 Å². The SMILES string of the molecule is CNCC1(C)CCN(c2cc(C)cc3ncnn23)C1. The molecule has 0 aliphatic carbocycles. The van der Waals surface area contributed by atoms with Crippen LogP contribution in [0.5, 0.6) is 0 Å². The molecule has 5 heteroatoms. The van der Waals surface area contributed by atoms with Crippen molar-refractivity contribution in [2.45, 2.75) is 20.3 Å². The summed E-state index contributed by atoms with van der Waals surface area (Å²) < 4.78 is 1.94. The smallest absolute Gasteiger partial charge is 0.157 e. The van der Waals surface area contributed by atoms with Crippen LogP contribution in [0.1, 0.15) is 18.9 Å². The molecule has 1 atom stereocenters. The van der Waals surface area contributed by atoms with Crippen LogP contribution in [-0.4, -0.2) is 41.3 Å². The molecular weight excluding hydrogens is 238 g/mol. The molecule has 1 N–H and O–H groups in total. The van der Waals surface area contributed by atoms with E-state index in [9.17, 15) is 0 Å². The number of rotatable bonds is 3. The third kappa shape index (κ3) is 2.18. The van der Waals surface area contributed by atoms with Gasteiger partial charge in [0.2, 0.25) is 0 Å². The van der Waals surface area contributed by atoms with Gasteiger partial charge in [-0.1, -0.05) is 6.92 Å². The molecule has 1 unspecified atom stereocenters. The molecule has 0 spiro atoms. The van der Waals surface area contributed by atoms with Crippen LogP contribution in [0.3, 0.4) is 0 Å². The number of hydrogen-bond acceptors (Lipinski definition) is 4. The number of anilines is 1. The van der Waals surface area contributed by atoms with E-state index in [2.05, 4.69) is 46.3 Å². The predicted octanol–water partition coefficient (Wildman–Crippen LogP) is 1.47. The first-order chi connectivity index (χ1) is 9.11.